The molecule has 2 N–H and O–H groups in total. The van der Waals surface area contributed by atoms with Crippen LogP contribution in [0.3, 0.4) is 0 Å². The Labute approximate surface area is 99.1 Å². The van der Waals surface area contributed by atoms with Gasteiger partial charge >= 0.3 is 5.69 Å². The molecule has 94 valence electrons. The molecule has 5 heteroatoms. The second-order valence-electron chi connectivity index (χ2n) is 4.81. The number of nitrogens with one attached hydrogen (secondary N) is 1. The standard InChI is InChI=1S/C12H18N2O3/c1-8(9-5-3-2-4-6-9)14-11(16)7-10(15)13-12(14)17/h7-9,15H,2-6H2,1H3,(H,13,17). The molecule has 0 aromatic carbocycles. The Morgan fingerprint density at radius 1 is 1.35 bits per heavy atom. The van der Waals surface area contributed by atoms with Crippen LogP contribution in [0.5, 0.6) is 5.88 Å². The summed E-state index contributed by atoms with van der Waals surface area (Å²) in [6.45, 7) is 1.91. The summed E-state index contributed by atoms with van der Waals surface area (Å²) < 4.78 is 1.22. The highest BCUT2D eigenvalue weighted by atomic mass is 16.3. The molecule has 2 rings (SSSR count). The van der Waals surface area contributed by atoms with Gasteiger partial charge in [-0.15, -0.1) is 0 Å². The van der Waals surface area contributed by atoms with Gasteiger partial charge in [0.15, 0.2) is 5.88 Å². The molecule has 1 aromatic rings. The molecule has 1 heterocycles. The van der Waals surface area contributed by atoms with Crippen LogP contribution >= 0.6 is 0 Å². The summed E-state index contributed by atoms with van der Waals surface area (Å²) >= 11 is 0. The second-order valence-corrected chi connectivity index (χ2v) is 4.81. The van der Waals surface area contributed by atoms with Crippen molar-refractivity contribution < 1.29 is 5.11 Å². The zero-order valence-electron chi connectivity index (χ0n) is 9.98. The van der Waals surface area contributed by atoms with Crippen LogP contribution in [-0.4, -0.2) is 14.7 Å². The minimum atomic E-state index is -0.520. The van der Waals surface area contributed by atoms with Gasteiger partial charge in [-0.2, -0.15) is 0 Å². The van der Waals surface area contributed by atoms with Crippen molar-refractivity contribution in [3.8, 4) is 5.88 Å². The molecular formula is C12H18N2O3. The van der Waals surface area contributed by atoms with Crippen LogP contribution < -0.4 is 11.2 Å². The van der Waals surface area contributed by atoms with E-state index < -0.39 is 11.2 Å². The van der Waals surface area contributed by atoms with Gasteiger partial charge in [-0.05, 0) is 25.7 Å². The third-order valence-corrected chi connectivity index (χ3v) is 3.69. The van der Waals surface area contributed by atoms with Gasteiger partial charge in [0.25, 0.3) is 5.56 Å². The molecule has 1 atom stereocenters. The van der Waals surface area contributed by atoms with Gasteiger partial charge in [0.2, 0.25) is 0 Å². The summed E-state index contributed by atoms with van der Waals surface area (Å²) in [5.41, 5.74) is -0.947. The Kier molecular flexibility index (Phi) is 3.36. The number of rotatable bonds is 2. The van der Waals surface area contributed by atoms with Crippen molar-refractivity contribution >= 4 is 0 Å². The average Bonchev–Trinajstić information content (AvgIpc) is 2.28. The van der Waals surface area contributed by atoms with Crippen LogP contribution in [0.1, 0.15) is 45.1 Å². The Hall–Kier alpha value is -1.52. The molecule has 17 heavy (non-hydrogen) atoms. The van der Waals surface area contributed by atoms with Gasteiger partial charge in [-0.1, -0.05) is 19.3 Å². The molecule has 0 radical (unpaired) electrons. The molecular weight excluding hydrogens is 220 g/mol. The van der Waals surface area contributed by atoms with Crippen LogP contribution in [-0.2, 0) is 0 Å². The molecule has 1 unspecified atom stereocenters. The van der Waals surface area contributed by atoms with E-state index in [0.29, 0.717) is 5.92 Å². The monoisotopic (exact) mass is 238 g/mol. The van der Waals surface area contributed by atoms with E-state index in [9.17, 15) is 9.59 Å². The van der Waals surface area contributed by atoms with E-state index >= 15 is 0 Å². The highest BCUT2D eigenvalue weighted by Crippen LogP contribution is 2.31. The Morgan fingerprint density at radius 2 is 2.00 bits per heavy atom. The minimum Gasteiger partial charge on any atom is -0.494 e. The lowest BCUT2D eigenvalue weighted by Gasteiger charge is -2.28. The van der Waals surface area contributed by atoms with E-state index in [4.69, 9.17) is 5.11 Å². The van der Waals surface area contributed by atoms with Gasteiger partial charge < -0.3 is 5.11 Å². The molecule has 1 aliphatic rings. The maximum atomic E-state index is 11.7. The van der Waals surface area contributed by atoms with Gasteiger partial charge in [-0.3, -0.25) is 14.3 Å². The molecule has 0 saturated heterocycles. The molecule has 0 aliphatic heterocycles. The molecule has 0 bridgehead atoms. The second kappa shape index (κ2) is 4.77. The van der Waals surface area contributed by atoms with E-state index in [0.717, 1.165) is 18.9 Å². The maximum Gasteiger partial charge on any atom is 0.331 e. The van der Waals surface area contributed by atoms with Crippen molar-refractivity contribution in [2.45, 2.75) is 45.1 Å². The first-order chi connectivity index (χ1) is 8.09. The molecule has 0 spiro atoms. The van der Waals surface area contributed by atoms with Crippen LogP contribution in [0.4, 0.5) is 0 Å². The fourth-order valence-corrected chi connectivity index (χ4v) is 2.71. The Morgan fingerprint density at radius 3 is 2.59 bits per heavy atom. The van der Waals surface area contributed by atoms with Crippen molar-refractivity contribution in [2.24, 2.45) is 5.92 Å². The maximum absolute atomic E-state index is 11.7. The van der Waals surface area contributed by atoms with Crippen molar-refractivity contribution in [1.29, 1.82) is 0 Å². The first-order valence-corrected chi connectivity index (χ1v) is 6.14. The highest BCUT2D eigenvalue weighted by Gasteiger charge is 2.23. The van der Waals surface area contributed by atoms with E-state index in [1.54, 1.807) is 0 Å². The van der Waals surface area contributed by atoms with Gasteiger partial charge in [0.1, 0.15) is 0 Å². The third kappa shape index (κ3) is 2.43. The predicted octanol–water partition coefficient (Wildman–Crippen LogP) is 1.38. The summed E-state index contributed by atoms with van der Waals surface area (Å²) in [6.07, 6.45) is 5.70. The fraction of sp³-hybridized carbons (Fsp3) is 0.667. The van der Waals surface area contributed by atoms with Crippen molar-refractivity contribution in [2.75, 3.05) is 0 Å². The zero-order chi connectivity index (χ0) is 12.4. The summed E-state index contributed by atoms with van der Waals surface area (Å²) in [7, 11) is 0. The van der Waals surface area contributed by atoms with E-state index in [2.05, 4.69) is 4.98 Å². The lowest BCUT2D eigenvalue weighted by atomic mass is 9.84. The molecule has 5 nitrogen and oxygen atoms in total. The molecule has 1 aromatic heterocycles. The van der Waals surface area contributed by atoms with E-state index in [-0.39, 0.29) is 11.9 Å². The zero-order valence-corrected chi connectivity index (χ0v) is 9.98. The first kappa shape index (κ1) is 12.0. The normalized spacial score (nSPS) is 19.1. The molecule has 1 aliphatic carbocycles. The number of aromatic amines is 1. The summed E-state index contributed by atoms with van der Waals surface area (Å²) in [6, 6.07) is 0.952. The van der Waals surface area contributed by atoms with Gasteiger partial charge in [0.05, 0.1) is 6.07 Å². The summed E-state index contributed by atoms with van der Waals surface area (Å²) in [5.74, 6) is 0.0131. The largest absolute Gasteiger partial charge is 0.494 e. The fourth-order valence-electron chi connectivity index (χ4n) is 2.71. The van der Waals surface area contributed by atoms with Crippen molar-refractivity contribution in [3.63, 3.8) is 0 Å². The quantitative estimate of drug-likeness (QED) is 0.817. The highest BCUT2D eigenvalue weighted by molar-refractivity contribution is 5.04. The summed E-state index contributed by atoms with van der Waals surface area (Å²) in [5, 5.41) is 9.14. The predicted molar refractivity (Wildman–Crippen MR) is 64.3 cm³/mol. The van der Waals surface area contributed by atoms with Crippen molar-refractivity contribution in [1.82, 2.24) is 9.55 Å². The van der Waals surface area contributed by atoms with Crippen LogP contribution in [0, 0.1) is 5.92 Å². The van der Waals surface area contributed by atoms with Gasteiger partial charge in [0, 0.05) is 6.04 Å². The topological polar surface area (TPSA) is 75.1 Å². The number of H-pyrrole nitrogens is 1. The number of hydrogen-bond acceptors (Lipinski definition) is 3. The molecule has 1 fully saturated rings. The molecule has 0 amide bonds. The number of nitrogens with zero attached hydrogens (tertiary/aromatic N) is 1. The van der Waals surface area contributed by atoms with E-state index in [1.165, 1.54) is 23.8 Å². The first-order valence-electron chi connectivity index (χ1n) is 6.14. The molecule has 1 saturated carbocycles. The van der Waals surface area contributed by atoms with Crippen LogP contribution in [0.15, 0.2) is 15.7 Å². The van der Waals surface area contributed by atoms with Crippen molar-refractivity contribution in [3.05, 3.63) is 26.9 Å². The van der Waals surface area contributed by atoms with Crippen LogP contribution in [0.25, 0.3) is 0 Å². The number of aromatic hydroxyl groups is 1. The third-order valence-electron chi connectivity index (χ3n) is 3.69. The van der Waals surface area contributed by atoms with E-state index in [1.807, 2.05) is 6.92 Å². The summed E-state index contributed by atoms with van der Waals surface area (Å²) in [4.78, 5) is 25.7. The number of aromatic nitrogens is 2. The Balaban J connectivity index is 2.33. The van der Waals surface area contributed by atoms with Crippen LogP contribution in [0.2, 0.25) is 0 Å². The lowest BCUT2D eigenvalue weighted by Crippen LogP contribution is -2.39. The smallest absolute Gasteiger partial charge is 0.331 e. The SMILES string of the molecule is CC(C1CCCCC1)n1c(=O)cc(O)[nH]c1=O. The minimum absolute atomic E-state index is 0.104. The lowest BCUT2D eigenvalue weighted by molar-refractivity contribution is 0.253. The van der Waals surface area contributed by atoms with Gasteiger partial charge in [-0.25, -0.2) is 4.79 Å². The Bertz CT molecular complexity index is 466. The average molecular weight is 238 g/mol. The number of hydrogen-bond donors (Lipinski definition) is 2.